The van der Waals surface area contributed by atoms with Crippen molar-refractivity contribution >= 4 is 29.9 Å². The number of carbonyl (C=O) groups excluding carboxylic acids is 1. The Morgan fingerprint density at radius 1 is 1.18 bits per heavy atom. The Morgan fingerprint density at radius 2 is 1.93 bits per heavy atom. The van der Waals surface area contributed by atoms with Crippen molar-refractivity contribution in [2.45, 2.75) is 38.8 Å². The molecule has 1 aliphatic rings. The maximum Gasteiger partial charge on any atom is 0.254 e. The maximum atomic E-state index is 13.1. The van der Waals surface area contributed by atoms with Crippen molar-refractivity contribution in [3.63, 3.8) is 0 Å². The number of hydrogen-bond donors (Lipinski definition) is 1. The molecule has 6 heteroatoms. The molecule has 0 radical (unpaired) electrons. The minimum absolute atomic E-state index is 0. The summed E-state index contributed by atoms with van der Waals surface area (Å²) in [5, 5.41) is 4.06. The lowest BCUT2D eigenvalue weighted by Crippen LogP contribution is -2.46. The van der Waals surface area contributed by atoms with Crippen molar-refractivity contribution < 1.29 is 9.53 Å². The highest BCUT2D eigenvalue weighted by Crippen LogP contribution is 2.21. The van der Waals surface area contributed by atoms with Crippen LogP contribution in [0.4, 0.5) is 0 Å². The molecule has 0 bridgehead atoms. The number of rotatable bonds is 7. The van der Waals surface area contributed by atoms with Crippen molar-refractivity contribution in [1.82, 2.24) is 10.2 Å². The maximum absolute atomic E-state index is 13.1. The van der Waals surface area contributed by atoms with E-state index in [1.165, 1.54) is 0 Å². The van der Waals surface area contributed by atoms with E-state index in [2.05, 4.69) is 12.2 Å². The first-order valence-corrected chi connectivity index (χ1v) is 10.0. The second-order valence-electron chi connectivity index (χ2n) is 6.93. The lowest BCUT2D eigenvalue weighted by molar-refractivity contribution is 0.0642. The van der Waals surface area contributed by atoms with Crippen molar-refractivity contribution in [2.24, 2.45) is 0 Å². The molecule has 0 aromatic heterocycles. The van der Waals surface area contributed by atoms with Crippen LogP contribution in [0.1, 0.15) is 42.1 Å². The highest BCUT2D eigenvalue weighted by molar-refractivity contribution is 6.30. The number of amides is 1. The molecule has 2 aromatic carbocycles. The monoisotopic (exact) mass is 422 g/mol. The van der Waals surface area contributed by atoms with Gasteiger partial charge in [-0.15, -0.1) is 12.4 Å². The standard InChI is InChI=1S/C22H27ClN2O2.ClH/c1-2-13-25(20-9-11-24-12-10-20)22(26)18-6-4-8-21(15-18)27-16-17-5-3-7-19(23)14-17;/h3-8,14-15,20,24H,2,9-13,16H2,1H3;1H. The number of benzene rings is 2. The van der Waals surface area contributed by atoms with E-state index in [1.54, 1.807) is 0 Å². The number of nitrogens with zero attached hydrogens (tertiary/aromatic N) is 1. The van der Waals surface area contributed by atoms with Gasteiger partial charge in [-0.25, -0.2) is 0 Å². The third-order valence-corrected chi connectivity index (χ3v) is 5.09. The molecule has 1 fully saturated rings. The van der Waals surface area contributed by atoms with Crippen molar-refractivity contribution in [3.05, 3.63) is 64.7 Å². The molecular formula is C22H28Cl2N2O2. The van der Waals surface area contributed by atoms with Gasteiger partial charge in [0.25, 0.3) is 5.91 Å². The first kappa shape index (κ1) is 22.5. The van der Waals surface area contributed by atoms with E-state index in [0.29, 0.717) is 29.0 Å². The van der Waals surface area contributed by atoms with Crippen LogP contribution in [0.3, 0.4) is 0 Å². The Balaban J connectivity index is 0.00000280. The molecule has 0 atom stereocenters. The number of hydrogen-bond acceptors (Lipinski definition) is 3. The van der Waals surface area contributed by atoms with Crippen molar-refractivity contribution in [2.75, 3.05) is 19.6 Å². The van der Waals surface area contributed by atoms with Crippen LogP contribution in [0, 0.1) is 0 Å². The van der Waals surface area contributed by atoms with Gasteiger partial charge < -0.3 is 15.0 Å². The lowest BCUT2D eigenvalue weighted by Gasteiger charge is -2.34. The Bertz CT molecular complexity index is 764. The van der Waals surface area contributed by atoms with Crippen molar-refractivity contribution in [3.8, 4) is 5.75 Å². The number of ether oxygens (including phenoxy) is 1. The van der Waals surface area contributed by atoms with Gasteiger partial charge in [0.1, 0.15) is 12.4 Å². The molecule has 1 amide bonds. The van der Waals surface area contributed by atoms with Gasteiger partial charge in [-0.2, -0.15) is 0 Å². The summed E-state index contributed by atoms with van der Waals surface area (Å²) in [6.45, 7) is 5.27. The van der Waals surface area contributed by atoms with Crippen LogP contribution in [0.5, 0.6) is 5.75 Å². The van der Waals surface area contributed by atoms with Crippen LogP contribution >= 0.6 is 24.0 Å². The summed E-state index contributed by atoms with van der Waals surface area (Å²) >= 11 is 6.02. The number of carbonyl (C=O) groups is 1. The second-order valence-corrected chi connectivity index (χ2v) is 7.36. The minimum atomic E-state index is 0. The molecule has 3 rings (SSSR count). The fourth-order valence-corrected chi connectivity index (χ4v) is 3.70. The topological polar surface area (TPSA) is 41.6 Å². The van der Waals surface area contributed by atoms with E-state index in [9.17, 15) is 4.79 Å². The van der Waals surface area contributed by atoms with Gasteiger partial charge in [0, 0.05) is 23.2 Å². The second kappa shape index (κ2) is 11.3. The van der Waals surface area contributed by atoms with Crippen LogP contribution in [-0.4, -0.2) is 36.5 Å². The third kappa shape index (κ3) is 6.13. The number of halogens is 2. The fourth-order valence-electron chi connectivity index (χ4n) is 3.49. The SMILES string of the molecule is CCCN(C(=O)c1cccc(OCc2cccc(Cl)c2)c1)C1CCNCC1.Cl. The summed E-state index contributed by atoms with van der Waals surface area (Å²) in [6, 6.07) is 15.4. The Hall–Kier alpha value is -1.75. The summed E-state index contributed by atoms with van der Waals surface area (Å²) < 4.78 is 5.88. The van der Waals surface area contributed by atoms with Gasteiger partial charge >= 0.3 is 0 Å². The van der Waals surface area contributed by atoms with E-state index in [-0.39, 0.29) is 18.3 Å². The van der Waals surface area contributed by atoms with Gasteiger partial charge in [-0.3, -0.25) is 4.79 Å². The lowest BCUT2D eigenvalue weighted by atomic mass is 10.0. The van der Waals surface area contributed by atoms with Crippen molar-refractivity contribution in [1.29, 1.82) is 0 Å². The van der Waals surface area contributed by atoms with Crippen LogP contribution < -0.4 is 10.1 Å². The summed E-state index contributed by atoms with van der Waals surface area (Å²) in [6.07, 6.45) is 2.98. The van der Waals surface area contributed by atoms with Gasteiger partial charge in [-0.05, 0) is 68.2 Å². The predicted octanol–water partition coefficient (Wildman–Crippen LogP) is 4.95. The quantitative estimate of drug-likeness (QED) is 0.686. The summed E-state index contributed by atoms with van der Waals surface area (Å²) in [7, 11) is 0. The zero-order valence-corrected chi connectivity index (χ0v) is 17.8. The molecule has 28 heavy (non-hydrogen) atoms. The number of piperidine rings is 1. The number of nitrogens with one attached hydrogen (secondary N) is 1. The van der Waals surface area contributed by atoms with E-state index >= 15 is 0 Å². The van der Waals surface area contributed by atoms with E-state index in [0.717, 1.165) is 44.5 Å². The molecule has 0 aliphatic carbocycles. The zero-order valence-electron chi connectivity index (χ0n) is 16.2. The molecular weight excluding hydrogens is 395 g/mol. The van der Waals surface area contributed by atoms with Gasteiger partial charge in [0.15, 0.2) is 0 Å². The normalized spacial score (nSPS) is 14.2. The smallest absolute Gasteiger partial charge is 0.254 e. The van der Waals surface area contributed by atoms with E-state index < -0.39 is 0 Å². The average molecular weight is 423 g/mol. The van der Waals surface area contributed by atoms with Gasteiger partial charge in [0.2, 0.25) is 0 Å². The minimum Gasteiger partial charge on any atom is -0.489 e. The van der Waals surface area contributed by atoms with Gasteiger partial charge in [-0.1, -0.05) is 36.7 Å². The third-order valence-electron chi connectivity index (χ3n) is 4.85. The van der Waals surface area contributed by atoms with Crippen LogP contribution in [-0.2, 0) is 6.61 Å². The van der Waals surface area contributed by atoms with Crippen LogP contribution in [0.2, 0.25) is 5.02 Å². The highest BCUT2D eigenvalue weighted by Gasteiger charge is 2.25. The van der Waals surface area contributed by atoms with Crippen LogP contribution in [0.25, 0.3) is 0 Å². The van der Waals surface area contributed by atoms with E-state index in [4.69, 9.17) is 16.3 Å². The first-order valence-electron chi connectivity index (χ1n) is 9.66. The molecule has 1 saturated heterocycles. The summed E-state index contributed by atoms with van der Waals surface area (Å²) in [5.74, 6) is 0.791. The Morgan fingerprint density at radius 3 is 2.64 bits per heavy atom. The fraction of sp³-hybridized carbons (Fsp3) is 0.409. The van der Waals surface area contributed by atoms with Gasteiger partial charge in [0.05, 0.1) is 0 Å². The predicted molar refractivity (Wildman–Crippen MR) is 117 cm³/mol. The molecule has 1 N–H and O–H groups in total. The highest BCUT2D eigenvalue weighted by atomic mass is 35.5. The average Bonchev–Trinajstić information content (AvgIpc) is 2.71. The zero-order chi connectivity index (χ0) is 19.1. The molecule has 152 valence electrons. The summed E-state index contributed by atoms with van der Waals surface area (Å²) in [4.78, 5) is 15.2. The molecule has 0 unspecified atom stereocenters. The van der Waals surface area contributed by atoms with E-state index in [1.807, 2.05) is 53.4 Å². The largest absolute Gasteiger partial charge is 0.489 e. The Labute approximate surface area is 178 Å². The molecule has 0 spiro atoms. The molecule has 0 saturated carbocycles. The molecule has 1 heterocycles. The van der Waals surface area contributed by atoms with Crippen LogP contribution in [0.15, 0.2) is 48.5 Å². The molecule has 4 nitrogen and oxygen atoms in total. The Kier molecular flexibility index (Phi) is 9.10. The first-order chi connectivity index (χ1) is 13.2. The molecule has 2 aromatic rings. The molecule has 1 aliphatic heterocycles. The summed E-state index contributed by atoms with van der Waals surface area (Å²) in [5.41, 5.74) is 1.69.